The summed E-state index contributed by atoms with van der Waals surface area (Å²) in [7, 11) is 0. The topological polar surface area (TPSA) is 70.7 Å². The molecule has 1 heterocycles. The number of H-pyrrole nitrogens is 1. The second kappa shape index (κ2) is 5.61. The number of hydrogen-bond acceptors (Lipinski definition) is 4. The summed E-state index contributed by atoms with van der Waals surface area (Å²) in [4.78, 5) is 13.9. The van der Waals surface area contributed by atoms with Crippen LogP contribution in [-0.4, -0.2) is 21.7 Å². The van der Waals surface area contributed by atoms with Gasteiger partial charge in [0.25, 0.3) is 5.56 Å². The molecule has 5 heteroatoms. The Morgan fingerprint density at radius 2 is 2.29 bits per heavy atom. The van der Waals surface area contributed by atoms with Gasteiger partial charge in [0.05, 0.1) is 0 Å². The van der Waals surface area contributed by atoms with Gasteiger partial charge in [0.2, 0.25) is 5.95 Å². The molecule has 0 saturated carbocycles. The van der Waals surface area contributed by atoms with Crippen LogP contribution in [0.5, 0.6) is 0 Å². The third kappa shape index (κ3) is 3.41. The quantitative estimate of drug-likeness (QED) is 0.779. The molecular weight excluding hydrogens is 216 g/mol. The third-order valence-electron chi connectivity index (χ3n) is 2.98. The molecule has 0 radical (unpaired) electrons. The van der Waals surface area contributed by atoms with Crippen molar-refractivity contribution in [3.05, 3.63) is 27.7 Å². The second-order valence-corrected chi connectivity index (χ2v) is 4.37. The number of rotatable bonds is 4. The molecule has 1 aromatic heterocycles. The van der Waals surface area contributed by atoms with E-state index in [1.807, 2.05) is 0 Å². The molecule has 1 aromatic rings. The fraction of sp³-hybridized carbons (Fsp3) is 0.583. The molecular formula is C12H18N4O. The fourth-order valence-corrected chi connectivity index (χ4v) is 1.95. The number of aryl methyl sites for hydroxylation is 1. The average Bonchev–Trinajstić information content (AvgIpc) is 2.35. The van der Waals surface area contributed by atoms with E-state index in [0.29, 0.717) is 11.6 Å². The van der Waals surface area contributed by atoms with E-state index < -0.39 is 0 Å². The molecule has 2 N–H and O–H groups in total. The SMILES string of the molecule is Cc1nnc(NCCC2=CCCCC2)[nH]c1=O. The van der Waals surface area contributed by atoms with Gasteiger partial charge in [-0.05, 0) is 39.0 Å². The van der Waals surface area contributed by atoms with Gasteiger partial charge < -0.3 is 5.32 Å². The van der Waals surface area contributed by atoms with E-state index >= 15 is 0 Å². The molecule has 0 aliphatic heterocycles. The highest BCUT2D eigenvalue weighted by atomic mass is 16.1. The Bertz CT molecular complexity index is 464. The molecule has 1 aliphatic carbocycles. The maximum Gasteiger partial charge on any atom is 0.273 e. The summed E-state index contributed by atoms with van der Waals surface area (Å²) in [5, 5.41) is 10.7. The van der Waals surface area contributed by atoms with Crippen LogP contribution in [-0.2, 0) is 0 Å². The molecule has 0 amide bonds. The van der Waals surface area contributed by atoms with E-state index in [2.05, 4.69) is 26.6 Å². The van der Waals surface area contributed by atoms with Gasteiger partial charge in [-0.25, -0.2) is 0 Å². The molecule has 0 unspecified atom stereocenters. The first kappa shape index (κ1) is 11.8. The zero-order valence-corrected chi connectivity index (χ0v) is 10.1. The zero-order valence-electron chi connectivity index (χ0n) is 10.1. The first-order valence-corrected chi connectivity index (χ1v) is 6.11. The predicted octanol–water partition coefficient (Wildman–Crippen LogP) is 1.78. The van der Waals surface area contributed by atoms with Crippen molar-refractivity contribution in [3.8, 4) is 0 Å². The third-order valence-corrected chi connectivity index (χ3v) is 2.98. The first-order chi connectivity index (χ1) is 8.25. The number of aromatic amines is 1. The second-order valence-electron chi connectivity index (χ2n) is 4.37. The summed E-state index contributed by atoms with van der Waals surface area (Å²) >= 11 is 0. The lowest BCUT2D eigenvalue weighted by Crippen LogP contribution is -2.17. The Kier molecular flexibility index (Phi) is 3.90. The van der Waals surface area contributed by atoms with Gasteiger partial charge in [0.15, 0.2) is 0 Å². The molecule has 0 spiro atoms. The monoisotopic (exact) mass is 234 g/mol. The van der Waals surface area contributed by atoms with Gasteiger partial charge in [0.1, 0.15) is 5.69 Å². The van der Waals surface area contributed by atoms with Gasteiger partial charge in [0, 0.05) is 6.54 Å². The maximum atomic E-state index is 11.3. The molecule has 17 heavy (non-hydrogen) atoms. The lowest BCUT2D eigenvalue weighted by molar-refractivity contribution is 0.678. The summed E-state index contributed by atoms with van der Waals surface area (Å²) in [6.45, 7) is 2.43. The van der Waals surface area contributed by atoms with Crippen molar-refractivity contribution in [3.63, 3.8) is 0 Å². The smallest absolute Gasteiger partial charge is 0.273 e. The zero-order chi connectivity index (χ0) is 12.1. The van der Waals surface area contributed by atoms with E-state index in [0.717, 1.165) is 13.0 Å². The minimum absolute atomic E-state index is 0.181. The lowest BCUT2D eigenvalue weighted by Gasteiger charge is -2.12. The molecule has 92 valence electrons. The largest absolute Gasteiger partial charge is 0.354 e. The van der Waals surface area contributed by atoms with E-state index in [1.54, 1.807) is 6.92 Å². The van der Waals surface area contributed by atoms with Crippen LogP contribution < -0.4 is 10.9 Å². The van der Waals surface area contributed by atoms with Crippen LogP contribution in [0.25, 0.3) is 0 Å². The molecule has 0 saturated heterocycles. The van der Waals surface area contributed by atoms with Crippen LogP contribution in [0.3, 0.4) is 0 Å². The van der Waals surface area contributed by atoms with Gasteiger partial charge >= 0.3 is 0 Å². The molecule has 0 atom stereocenters. The Labute approximate surface area is 100 Å². The van der Waals surface area contributed by atoms with Crippen LogP contribution in [0.1, 0.15) is 37.8 Å². The Morgan fingerprint density at radius 3 is 3.00 bits per heavy atom. The van der Waals surface area contributed by atoms with E-state index in [1.165, 1.54) is 31.3 Å². The molecule has 0 fully saturated rings. The van der Waals surface area contributed by atoms with Crippen LogP contribution in [0.15, 0.2) is 16.4 Å². The number of aromatic nitrogens is 3. The van der Waals surface area contributed by atoms with Crippen molar-refractivity contribution in [2.24, 2.45) is 0 Å². The molecule has 5 nitrogen and oxygen atoms in total. The number of nitrogens with zero attached hydrogens (tertiary/aromatic N) is 2. The van der Waals surface area contributed by atoms with Crippen molar-refractivity contribution in [2.75, 3.05) is 11.9 Å². The Balaban J connectivity index is 1.83. The molecule has 0 bridgehead atoms. The number of allylic oxidation sites excluding steroid dienone is 1. The summed E-state index contributed by atoms with van der Waals surface area (Å²) in [5.74, 6) is 0.456. The molecule has 1 aliphatic rings. The minimum atomic E-state index is -0.181. The average molecular weight is 234 g/mol. The van der Waals surface area contributed by atoms with Crippen molar-refractivity contribution < 1.29 is 0 Å². The Hall–Kier alpha value is -1.65. The fourth-order valence-electron chi connectivity index (χ4n) is 1.95. The van der Waals surface area contributed by atoms with Crippen molar-refractivity contribution in [2.45, 2.75) is 39.0 Å². The highest BCUT2D eigenvalue weighted by Crippen LogP contribution is 2.19. The van der Waals surface area contributed by atoms with Crippen LogP contribution >= 0.6 is 0 Å². The van der Waals surface area contributed by atoms with Crippen molar-refractivity contribution in [1.29, 1.82) is 0 Å². The van der Waals surface area contributed by atoms with E-state index in [4.69, 9.17) is 0 Å². The minimum Gasteiger partial charge on any atom is -0.354 e. The number of anilines is 1. The summed E-state index contributed by atoms with van der Waals surface area (Å²) in [6, 6.07) is 0. The normalized spacial score (nSPS) is 15.5. The summed E-state index contributed by atoms with van der Waals surface area (Å²) in [6.07, 6.45) is 8.36. The van der Waals surface area contributed by atoms with Gasteiger partial charge in [-0.15, -0.1) is 10.2 Å². The van der Waals surface area contributed by atoms with Crippen molar-refractivity contribution in [1.82, 2.24) is 15.2 Å². The molecule has 0 aromatic carbocycles. The summed E-state index contributed by atoms with van der Waals surface area (Å²) in [5.41, 5.74) is 1.72. The maximum absolute atomic E-state index is 11.3. The number of hydrogen-bond donors (Lipinski definition) is 2. The predicted molar refractivity (Wildman–Crippen MR) is 67.0 cm³/mol. The standard InChI is InChI=1S/C12H18N4O/c1-9-11(17)14-12(16-15-9)13-8-7-10-5-3-2-4-6-10/h5H,2-4,6-8H2,1H3,(H2,13,14,16,17). The van der Waals surface area contributed by atoms with E-state index in [9.17, 15) is 4.79 Å². The van der Waals surface area contributed by atoms with Crippen LogP contribution in [0, 0.1) is 6.92 Å². The van der Waals surface area contributed by atoms with E-state index in [-0.39, 0.29) is 5.56 Å². The summed E-state index contributed by atoms with van der Waals surface area (Å²) < 4.78 is 0. The van der Waals surface area contributed by atoms with Gasteiger partial charge in [-0.1, -0.05) is 11.6 Å². The highest BCUT2D eigenvalue weighted by Gasteiger charge is 2.04. The van der Waals surface area contributed by atoms with Gasteiger partial charge in [-0.2, -0.15) is 0 Å². The Morgan fingerprint density at radius 1 is 1.41 bits per heavy atom. The van der Waals surface area contributed by atoms with Crippen molar-refractivity contribution >= 4 is 5.95 Å². The van der Waals surface area contributed by atoms with Crippen LogP contribution in [0.2, 0.25) is 0 Å². The van der Waals surface area contributed by atoms with Gasteiger partial charge in [-0.3, -0.25) is 9.78 Å². The molecule has 2 rings (SSSR count). The highest BCUT2D eigenvalue weighted by molar-refractivity contribution is 5.22. The van der Waals surface area contributed by atoms with Crippen LogP contribution in [0.4, 0.5) is 5.95 Å². The lowest BCUT2D eigenvalue weighted by atomic mass is 9.97. The number of nitrogens with one attached hydrogen (secondary N) is 2. The first-order valence-electron chi connectivity index (χ1n) is 6.11.